The lowest BCUT2D eigenvalue weighted by Crippen LogP contribution is -2.40. The van der Waals surface area contributed by atoms with Gasteiger partial charge in [-0.25, -0.2) is 4.98 Å². The van der Waals surface area contributed by atoms with E-state index in [1.165, 1.54) is 0 Å². The number of hydrogen-bond acceptors (Lipinski definition) is 7. The third-order valence-electron chi connectivity index (χ3n) is 6.39. The van der Waals surface area contributed by atoms with Gasteiger partial charge in [0.2, 0.25) is 0 Å². The number of piperidine rings is 1. The van der Waals surface area contributed by atoms with Gasteiger partial charge in [-0.2, -0.15) is 12.6 Å². The lowest BCUT2D eigenvalue weighted by molar-refractivity contribution is -0.149. The molecule has 1 fully saturated rings. The predicted octanol–water partition coefficient (Wildman–Crippen LogP) is 3.25. The van der Waals surface area contributed by atoms with E-state index in [2.05, 4.69) is 17.6 Å². The first-order valence-electron chi connectivity index (χ1n) is 11.9. The number of benzene rings is 1. The van der Waals surface area contributed by atoms with Crippen LogP contribution >= 0.6 is 12.6 Å². The number of esters is 1. The van der Waals surface area contributed by atoms with Crippen LogP contribution in [0.3, 0.4) is 0 Å². The number of ether oxygens (including phenoxy) is 1. The van der Waals surface area contributed by atoms with Crippen LogP contribution in [0.2, 0.25) is 0 Å². The van der Waals surface area contributed by atoms with E-state index in [1.54, 1.807) is 36.2 Å². The number of carbonyl (C=O) groups is 3. The van der Waals surface area contributed by atoms with Gasteiger partial charge in [-0.05, 0) is 68.4 Å². The number of carbonyl (C=O) groups excluding carboxylic acids is 2. The molecule has 1 aliphatic rings. The number of pyridine rings is 1. The average molecular weight is 500 g/mol. The van der Waals surface area contributed by atoms with Crippen LogP contribution in [0.4, 0.5) is 5.82 Å². The second-order valence-corrected chi connectivity index (χ2v) is 9.53. The first kappa shape index (κ1) is 26.5. The van der Waals surface area contributed by atoms with Crippen LogP contribution in [-0.2, 0) is 27.2 Å². The van der Waals surface area contributed by atoms with Crippen LogP contribution in [-0.4, -0.2) is 57.8 Å². The predicted molar refractivity (Wildman–Crippen MR) is 136 cm³/mol. The van der Waals surface area contributed by atoms with E-state index in [4.69, 9.17) is 10.5 Å². The molecule has 188 valence electrons. The minimum absolute atomic E-state index is 0.0594. The van der Waals surface area contributed by atoms with Gasteiger partial charge in [-0.3, -0.25) is 14.4 Å². The molecular weight excluding hydrogens is 466 g/mol. The van der Waals surface area contributed by atoms with Crippen LogP contribution in [0.15, 0.2) is 42.6 Å². The quantitative estimate of drug-likeness (QED) is 0.339. The molecule has 35 heavy (non-hydrogen) atoms. The molecule has 0 bridgehead atoms. The number of nitrogens with zero attached hydrogens (tertiary/aromatic N) is 2. The smallest absolute Gasteiger partial charge is 0.309 e. The zero-order valence-electron chi connectivity index (χ0n) is 19.9. The molecule has 2 heterocycles. The molecule has 3 rings (SSSR count). The minimum Gasteiger partial charge on any atom is -0.481 e. The lowest BCUT2D eigenvalue weighted by atomic mass is 9.92. The molecule has 1 saturated heterocycles. The van der Waals surface area contributed by atoms with E-state index in [0.717, 1.165) is 11.1 Å². The molecule has 8 nitrogen and oxygen atoms in total. The summed E-state index contributed by atoms with van der Waals surface area (Å²) in [5.41, 5.74) is 7.95. The first-order chi connectivity index (χ1) is 16.8. The standard InChI is InChI=1S/C26H33N3O5S/c1-2-34-26(33)19-10-12-29(13-11-19)24(30)20-5-3-4-17(14-20)6-8-22(35)21(25(31)32)15-18-7-9-23(27)28-16-18/h3-5,7,9,14,16,19,21-22,35H,2,6,8,10-13,15H2,1H3,(H2,27,28)(H,31,32). The number of nitrogen functional groups attached to an aromatic ring is 1. The van der Waals surface area contributed by atoms with Crippen LogP contribution in [0, 0.1) is 11.8 Å². The number of carboxylic acids is 1. The summed E-state index contributed by atoms with van der Waals surface area (Å²) in [7, 11) is 0. The summed E-state index contributed by atoms with van der Waals surface area (Å²) in [6, 6.07) is 10.9. The number of hydrogen-bond donors (Lipinski definition) is 3. The highest BCUT2D eigenvalue weighted by Gasteiger charge is 2.29. The first-order valence-corrected chi connectivity index (χ1v) is 12.5. The third kappa shape index (κ3) is 7.45. The maximum absolute atomic E-state index is 13.0. The van der Waals surface area contributed by atoms with E-state index in [1.807, 2.05) is 18.2 Å². The molecule has 2 aromatic rings. The van der Waals surface area contributed by atoms with Gasteiger partial charge in [0.05, 0.1) is 18.4 Å². The van der Waals surface area contributed by atoms with Crippen molar-refractivity contribution in [3.05, 3.63) is 59.3 Å². The van der Waals surface area contributed by atoms with E-state index < -0.39 is 11.9 Å². The highest BCUT2D eigenvalue weighted by Crippen LogP contribution is 2.24. The van der Waals surface area contributed by atoms with Crippen LogP contribution < -0.4 is 5.73 Å². The van der Waals surface area contributed by atoms with Crippen molar-refractivity contribution >= 4 is 36.3 Å². The Hall–Kier alpha value is -3.07. The van der Waals surface area contributed by atoms with Crippen molar-refractivity contribution < 1.29 is 24.2 Å². The topological polar surface area (TPSA) is 123 Å². The van der Waals surface area contributed by atoms with Gasteiger partial charge < -0.3 is 20.5 Å². The van der Waals surface area contributed by atoms with Gasteiger partial charge in [-0.1, -0.05) is 18.2 Å². The summed E-state index contributed by atoms with van der Waals surface area (Å²) in [5.74, 6) is -1.58. The molecular formula is C26H33N3O5S. The Morgan fingerprint density at radius 3 is 2.57 bits per heavy atom. The van der Waals surface area contributed by atoms with Crippen LogP contribution in [0.1, 0.15) is 47.7 Å². The summed E-state index contributed by atoms with van der Waals surface area (Å²) in [6.07, 6.45) is 4.26. The number of aryl methyl sites for hydroxylation is 1. The van der Waals surface area contributed by atoms with Gasteiger partial charge in [0.15, 0.2) is 0 Å². The fourth-order valence-electron chi connectivity index (χ4n) is 4.34. The number of anilines is 1. The number of thiol groups is 1. The maximum atomic E-state index is 13.0. The number of rotatable bonds is 10. The number of aromatic nitrogens is 1. The fraction of sp³-hybridized carbons (Fsp3) is 0.462. The lowest BCUT2D eigenvalue weighted by Gasteiger charge is -2.31. The summed E-state index contributed by atoms with van der Waals surface area (Å²) in [5, 5.41) is 9.36. The molecule has 1 amide bonds. The van der Waals surface area contributed by atoms with Crippen LogP contribution in [0.25, 0.3) is 0 Å². The van der Waals surface area contributed by atoms with Crippen molar-refractivity contribution in [2.45, 2.75) is 44.3 Å². The molecule has 9 heteroatoms. The summed E-state index contributed by atoms with van der Waals surface area (Å²) >= 11 is 4.60. The molecule has 0 aliphatic carbocycles. The largest absolute Gasteiger partial charge is 0.481 e. The summed E-state index contributed by atoms with van der Waals surface area (Å²) < 4.78 is 5.10. The van der Waals surface area contributed by atoms with Gasteiger partial charge >= 0.3 is 11.9 Å². The van der Waals surface area contributed by atoms with E-state index in [-0.39, 0.29) is 23.0 Å². The molecule has 3 N–H and O–H groups in total. The Bertz CT molecular complexity index is 1020. The van der Waals surface area contributed by atoms with Crippen molar-refractivity contribution in [1.29, 1.82) is 0 Å². The average Bonchev–Trinajstić information content (AvgIpc) is 2.86. The number of aliphatic carboxylic acids is 1. The number of carboxylic acid groups (broad SMARTS) is 1. The van der Waals surface area contributed by atoms with Crippen molar-refractivity contribution in [3.8, 4) is 0 Å². The second kappa shape index (κ2) is 12.6. The zero-order valence-corrected chi connectivity index (χ0v) is 20.8. The molecule has 2 unspecified atom stereocenters. The fourth-order valence-corrected chi connectivity index (χ4v) is 4.70. The Labute approximate surface area is 211 Å². The normalized spacial score (nSPS) is 15.9. The molecule has 2 atom stereocenters. The summed E-state index contributed by atoms with van der Waals surface area (Å²) in [4.78, 5) is 42.6. The SMILES string of the molecule is CCOC(=O)C1CCN(C(=O)c2cccc(CCC(S)C(Cc3ccc(N)nc3)C(=O)O)c2)CC1. The number of amides is 1. The van der Waals surface area contributed by atoms with E-state index in [9.17, 15) is 19.5 Å². The highest BCUT2D eigenvalue weighted by molar-refractivity contribution is 7.81. The van der Waals surface area contributed by atoms with E-state index in [0.29, 0.717) is 63.2 Å². The summed E-state index contributed by atoms with van der Waals surface area (Å²) in [6.45, 7) is 3.19. The Morgan fingerprint density at radius 1 is 1.20 bits per heavy atom. The van der Waals surface area contributed by atoms with Crippen molar-refractivity contribution in [3.63, 3.8) is 0 Å². The van der Waals surface area contributed by atoms with E-state index >= 15 is 0 Å². The maximum Gasteiger partial charge on any atom is 0.309 e. The Morgan fingerprint density at radius 2 is 1.94 bits per heavy atom. The Balaban J connectivity index is 1.56. The molecule has 0 radical (unpaired) electrons. The Kier molecular flexibility index (Phi) is 9.54. The van der Waals surface area contributed by atoms with Gasteiger partial charge in [0.25, 0.3) is 5.91 Å². The molecule has 0 spiro atoms. The number of nitrogens with two attached hydrogens (primary N) is 1. The van der Waals surface area contributed by atoms with Crippen molar-refractivity contribution in [1.82, 2.24) is 9.88 Å². The van der Waals surface area contributed by atoms with Gasteiger partial charge in [-0.15, -0.1) is 0 Å². The van der Waals surface area contributed by atoms with Crippen molar-refractivity contribution in [2.75, 3.05) is 25.4 Å². The minimum atomic E-state index is -0.906. The second-order valence-electron chi connectivity index (χ2n) is 8.87. The molecule has 1 aliphatic heterocycles. The van der Waals surface area contributed by atoms with Crippen LogP contribution in [0.5, 0.6) is 0 Å². The highest BCUT2D eigenvalue weighted by atomic mass is 32.1. The van der Waals surface area contributed by atoms with Gasteiger partial charge in [0.1, 0.15) is 5.82 Å². The zero-order chi connectivity index (χ0) is 25.4. The number of likely N-dealkylation sites (tertiary alicyclic amines) is 1. The third-order valence-corrected chi connectivity index (χ3v) is 7.01. The van der Waals surface area contributed by atoms with Crippen molar-refractivity contribution in [2.24, 2.45) is 11.8 Å². The molecule has 1 aromatic carbocycles. The van der Waals surface area contributed by atoms with Gasteiger partial charge in [0, 0.05) is 30.1 Å². The molecule has 0 saturated carbocycles. The molecule has 1 aromatic heterocycles. The monoisotopic (exact) mass is 499 g/mol.